The summed E-state index contributed by atoms with van der Waals surface area (Å²) in [5.41, 5.74) is 1.16. The summed E-state index contributed by atoms with van der Waals surface area (Å²) in [7, 11) is -0.114. The van der Waals surface area contributed by atoms with Crippen molar-refractivity contribution < 1.29 is 13.2 Å². The van der Waals surface area contributed by atoms with Gasteiger partial charge < -0.3 is 14.6 Å². The van der Waals surface area contributed by atoms with Gasteiger partial charge in [-0.05, 0) is 24.9 Å². The number of hydrogen-bond donors (Lipinski definition) is 1. The Labute approximate surface area is 161 Å². The Kier molecular flexibility index (Phi) is 6.64. The number of sulfonamides is 1. The first-order chi connectivity index (χ1) is 13.0. The molecule has 148 valence electrons. The van der Waals surface area contributed by atoms with Gasteiger partial charge in [0.25, 0.3) is 10.0 Å². The third-order valence-electron chi connectivity index (χ3n) is 4.98. The van der Waals surface area contributed by atoms with Crippen LogP contribution in [0, 0.1) is 0 Å². The third kappa shape index (κ3) is 4.76. The van der Waals surface area contributed by atoms with Gasteiger partial charge in [-0.2, -0.15) is 4.31 Å². The quantitative estimate of drug-likeness (QED) is 0.656. The second kappa shape index (κ2) is 8.97. The fraction of sp³-hybridized carbons (Fsp3) is 0.526. The number of aryl methyl sites for hydroxylation is 1. The Morgan fingerprint density at radius 1 is 1.22 bits per heavy atom. The van der Waals surface area contributed by atoms with E-state index in [-0.39, 0.29) is 17.0 Å². The highest BCUT2D eigenvalue weighted by molar-refractivity contribution is 7.89. The Morgan fingerprint density at radius 2 is 2.00 bits per heavy atom. The smallest absolute Gasteiger partial charge is 0.262 e. The lowest BCUT2D eigenvalue weighted by molar-refractivity contribution is 0.192. The summed E-state index contributed by atoms with van der Waals surface area (Å²) in [5.74, 6) is 0.118. The molecule has 2 aromatic rings. The Bertz CT molecular complexity index is 822. The van der Waals surface area contributed by atoms with E-state index in [9.17, 15) is 8.42 Å². The molecule has 1 aromatic carbocycles. The second-order valence-corrected chi connectivity index (χ2v) is 8.86. The van der Waals surface area contributed by atoms with Gasteiger partial charge >= 0.3 is 0 Å². The van der Waals surface area contributed by atoms with Crippen molar-refractivity contribution in [3.8, 4) is 0 Å². The van der Waals surface area contributed by atoms with Crippen LogP contribution in [0.1, 0.15) is 24.3 Å². The van der Waals surface area contributed by atoms with Crippen molar-refractivity contribution in [3.05, 3.63) is 48.4 Å². The number of imidazole rings is 1. The van der Waals surface area contributed by atoms with Crippen molar-refractivity contribution >= 4 is 10.0 Å². The molecular formula is C19H28N4O3S. The molecule has 27 heavy (non-hydrogen) atoms. The number of ether oxygens (including phenoxy) is 1. The minimum absolute atomic E-state index is 0.0773. The van der Waals surface area contributed by atoms with E-state index in [2.05, 4.69) is 22.4 Å². The fourth-order valence-corrected chi connectivity index (χ4v) is 4.98. The number of rotatable bonds is 9. The van der Waals surface area contributed by atoms with E-state index in [1.807, 2.05) is 18.2 Å². The monoisotopic (exact) mass is 392 g/mol. The molecule has 0 spiro atoms. The van der Waals surface area contributed by atoms with Crippen molar-refractivity contribution in [1.29, 1.82) is 0 Å². The summed E-state index contributed by atoms with van der Waals surface area (Å²) < 4.78 is 34.3. The van der Waals surface area contributed by atoms with Crippen LogP contribution in [0.25, 0.3) is 0 Å². The summed E-state index contributed by atoms with van der Waals surface area (Å²) in [5, 5.41) is 3.67. The first-order valence-electron chi connectivity index (χ1n) is 9.27. The maximum absolute atomic E-state index is 13.0. The molecule has 0 amide bonds. The van der Waals surface area contributed by atoms with E-state index >= 15 is 0 Å². The van der Waals surface area contributed by atoms with Gasteiger partial charge in [0.15, 0.2) is 5.03 Å². The number of unbranched alkanes of at least 4 members (excludes halogenated alkanes) is 1. The molecule has 8 heteroatoms. The molecule has 1 fully saturated rings. The molecular weight excluding hydrogens is 364 g/mol. The van der Waals surface area contributed by atoms with Crippen LogP contribution >= 0.6 is 0 Å². The second-order valence-electron chi connectivity index (χ2n) is 6.98. The van der Waals surface area contributed by atoms with Crippen LogP contribution in [0.5, 0.6) is 0 Å². The van der Waals surface area contributed by atoms with Crippen LogP contribution in [0.2, 0.25) is 0 Å². The Morgan fingerprint density at radius 3 is 2.67 bits per heavy atom. The minimum atomic E-state index is -3.59. The molecule has 2 unspecified atom stereocenters. The van der Waals surface area contributed by atoms with Gasteiger partial charge in [0.1, 0.15) is 0 Å². The maximum atomic E-state index is 13.0. The minimum Gasteiger partial charge on any atom is -0.385 e. The van der Waals surface area contributed by atoms with Crippen LogP contribution in [0.15, 0.2) is 47.9 Å². The van der Waals surface area contributed by atoms with Crippen LogP contribution in [0.4, 0.5) is 0 Å². The van der Waals surface area contributed by atoms with Crippen LogP contribution in [-0.2, 0) is 21.8 Å². The summed E-state index contributed by atoms with van der Waals surface area (Å²) in [6.45, 7) is 2.49. The van der Waals surface area contributed by atoms with E-state index in [0.29, 0.717) is 13.1 Å². The van der Waals surface area contributed by atoms with Gasteiger partial charge in [0.05, 0.1) is 6.33 Å². The van der Waals surface area contributed by atoms with Crippen molar-refractivity contribution in [2.75, 3.05) is 33.4 Å². The summed E-state index contributed by atoms with van der Waals surface area (Å²) in [6.07, 6.45) is 5.06. The molecule has 0 radical (unpaired) electrons. The Balaban J connectivity index is 1.74. The maximum Gasteiger partial charge on any atom is 0.262 e. The van der Waals surface area contributed by atoms with Gasteiger partial charge in [-0.25, -0.2) is 13.4 Å². The normalized spacial score (nSPS) is 21.0. The number of aromatic nitrogens is 2. The van der Waals surface area contributed by atoms with Crippen LogP contribution in [-0.4, -0.2) is 61.7 Å². The summed E-state index contributed by atoms with van der Waals surface area (Å²) in [4.78, 5) is 4.05. The summed E-state index contributed by atoms with van der Waals surface area (Å²) >= 11 is 0. The third-order valence-corrected chi connectivity index (χ3v) is 6.70. The summed E-state index contributed by atoms with van der Waals surface area (Å²) in [6, 6.07) is 10.2. The van der Waals surface area contributed by atoms with Gasteiger partial charge in [0, 0.05) is 52.0 Å². The van der Waals surface area contributed by atoms with E-state index in [0.717, 1.165) is 31.6 Å². The molecule has 7 nitrogen and oxygen atoms in total. The lowest BCUT2D eigenvalue weighted by Crippen LogP contribution is -2.37. The standard InChI is InChI=1S/C19H28N4O3S/c1-22-14-19(21-15-22)27(24,25)23-12-17(16-8-4-3-5-9-16)18(13-23)20-10-6-7-11-26-2/h3-5,8-9,14-15,17-18,20H,6-7,10-13H2,1-2H3. The fourth-order valence-electron chi connectivity index (χ4n) is 3.52. The van der Waals surface area contributed by atoms with E-state index < -0.39 is 10.0 Å². The van der Waals surface area contributed by atoms with E-state index in [4.69, 9.17) is 4.74 Å². The number of benzene rings is 1. The van der Waals surface area contributed by atoms with Gasteiger partial charge in [0.2, 0.25) is 0 Å². The number of nitrogens with one attached hydrogen (secondary N) is 1. The molecule has 0 saturated carbocycles. The van der Waals surface area contributed by atoms with Gasteiger partial charge in [-0.1, -0.05) is 30.3 Å². The van der Waals surface area contributed by atoms with Crippen molar-refractivity contribution in [2.24, 2.45) is 7.05 Å². The zero-order chi connectivity index (χ0) is 19.3. The highest BCUT2D eigenvalue weighted by Crippen LogP contribution is 2.31. The predicted molar refractivity (Wildman–Crippen MR) is 104 cm³/mol. The molecule has 1 aliphatic heterocycles. The first-order valence-corrected chi connectivity index (χ1v) is 10.7. The van der Waals surface area contributed by atoms with Crippen LogP contribution in [0.3, 0.4) is 0 Å². The van der Waals surface area contributed by atoms with Crippen molar-refractivity contribution in [2.45, 2.75) is 29.8 Å². The highest BCUT2D eigenvalue weighted by atomic mass is 32.2. The number of hydrogen-bond acceptors (Lipinski definition) is 5. The average Bonchev–Trinajstić information content (AvgIpc) is 3.29. The highest BCUT2D eigenvalue weighted by Gasteiger charge is 2.40. The lowest BCUT2D eigenvalue weighted by atomic mass is 9.94. The molecule has 3 rings (SSSR count). The van der Waals surface area contributed by atoms with Gasteiger partial charge in [-0.3, -0.25) is 0 Å². The molecule has 1 aromatic heterocycles. The molecule has 1 N–H and O–H groups in total. The van der Waals surface area contributed by atoms with E-state index in [1.54, 1.807) is 29.2 Å². The van der Waals surface area contributed by atoms with Crippen LogP contribution < -0.4 is 5.32 Å². The number of methoxy groups -OCH3 is 1. The lowest BCUT2D eigenvalue weighted by Gasteiger charge is -2.20. The number of nitrogens with zero attached hydrogens (tertiary/aromatic N) is 3. The zero-order valence-corrected chi connectivity index (χ0v) is 16.7. The average molecular weight is 393 g/mol. The van der Waals surface area contributed by atoms with Crippen molar-refractivity contribution in [3.63, 3.8) is 0 Å². The molecule has 0 aliphatic carbocycles. The molecule has 2 heterocycles. The Hall–Kier alpha value is -1.74. The largest absolute Gasteiger partial charge is 0.385 e. The zero-order valence-electron chi connectivity index (χ0n) is 15.9. The topological polar surface area (TPSA) is 76.5 Å². The first kappa shape index (κ1) is 20.0. The SMILES string of the molecule is COCCCCNC1CN(S(=O)(=O)c2cn(C)cn2)CC1c1ccccc1. The predicted octanol–water partition coefficient (Wildman–Crippen LogP) is 1.59. The molecule has 2 atom stereocenters. The van der Waals surface area contributed by atoms with Gasteiger partial charge in [-0.15, -0.1) is 0 Å². The van der Waals surface area contributed by atoms with E-state index in [1.165, 1.54) is 6.33 Å². The molecule has 1 saturated heterocycles. The van der Waals surface area contributed by atoms with Crippen molar-refractivity contribution in [1.82, 2.24) is 19.2 Å². The molecule has 1 aliphatic rings. The molecule has 0 bridgehead atoms.